The smallest absolute Gasteiger partial charge is 0.306 e. The molecule has 1 N–H and O–H groups in total. The number of nitrogens with zero attached hydrogens (tertiary/aromatic N) is 2. The maximum atomic E-state index is 12.0. The minimum atomic E-state index is 0.0118. The molecule has 4 nitrogen and oxygen atoms in total. The van der Waals surface area contributed by atoms with Crippen LogP contribution in [0.4, 0.5) is 0 Å². The lowest BCUT2D eigenvalue weighted by atomic mass is 10.1. The molecule has 0 unspecified atom stereocenters. The second-order valence-corrected chi connectivity index (χ2v) is 5.74. The third kappa shape index (κ3) is 2.57. The predicted octanol–water partition coefficient (Wildman–Crippen LogP) is 2.73. The van der Waals surface area contributed by atoms with Crippen LogP contribution in [0.1, 0.15) is 24.1 Å². The Morgan fingerprint density at radius 2 is 1.68 bits per heavy atom. The van der Waals surface area contributed by atoms with Crippen LogP contribution >= 0.6 is 0 Å². The Hall–Kier alpha value is -2.33. The molecule has 0 saturated heterocycles. The zero-order valence-electron chi connectivity index (χ0n) is 13.2. The van der Waals surface area contributed by atoms with Gasteiger partial charge in [-0.3, -0.25) is 9.13 Å². The van der Waals surface area contributed by atoms with Crippen LogP contribution in [0, 0.1) is 0 Å². The first kappa shape index (κ1) is 14.6. The summed E-state index contributed by atoms with van der Waals surface area (Å²) < 4.78 is 3.37. The van der Waals surface area contributed by atoms with Crippen LogP contribution in [0.15, 0.2) is 53.3 Å². The third-order valence-electron chi connectivity index (χ3n) is 4.25. The summed E-state index contributed by atoms with van der Waals surface area (Å²) in [5.74, 6) is 0. The zero-order chi connectivity index (χ0) is 15.7. The highest BCUT2D eigenvalue weighted by molar-refractivity contribution is 5.76. The molecule has 3 rings (SSSR count). The lowest BCUT2D eigenvalue weighted by Gasteiger charge is -2.14. The molecule has 0 aliphatic rings. The molecule has 3 aromatic rings. The van der Waals surface area contributed by atoms with Crippen LogP contribution < -0.4 is 11.0 Å². The van der Waals surface area contributed by atoms with Gasteiger partial charge in [0.1, 0.15) is 0 Å². The maximum absolute atomic E-state index is 12.0. The van der Waals surface area contributed by atoms with E-state index in [0.29, 0.717) is 0 Å². The van der Waals surface area contributed by atoms with Crippen LogP contribution in [-0.2, 0) is 20.6 Å². The van der Waals surface area contributed by atoms with Gasteiger partial charge < -0.3 is 5.32 Å². The van der Waals surface area contributed by atoms with E-state index in [1.165, 1.54) is 11.1 Å². The van der Waals surface area contributed by atoms with Gasteiger partial charge >= 0.3 is 5.69 Å². The average Bonchev–Trinajstić information content (AvgIpc) is 2.78. The molecule has 1 aromatic heterocycles. The van der Waals surface area contributed by atoms with Gasteiger partial charge in [0, 0.05) is 26.7 Å². The summed E-state index contributed by atoms with van der Waals surface area (Å²) in [5, 5.41) is 3.53. The number of benzene rings is 2. The number of aromatic nitrogens is 2. The largest absolute Gasteiger partial charge is 0.328 e. The molecule has 0 bridgehead atoms. The van der Waals surface area contributed by atoms with E-state index in [1.54, 1.807) is 16.2 Å². The molecular weight excluding hydrogens is 274 g/mol. The van der Waals surface area contributed by atoms with Gasteiger partial charge in [-0.25, -0.2) is 4.79 Å². The quantitative estimate of drug-likeness (QED) is 0.804. The molecule has 0 amide bonds. The van der Waals surface area contributed by atoms with Crippen molar-refractivity contribution in [1.29, 1.82) is 0 Å². The molecule has 0 aliphatic heterocycles. The first-order valence-electron chi connectivity index (χ1n) is 7.50. The Kier molecular flexibility index (Phi) is 3.86. The van der Waals surface area contributed by atoms with Crippen LogP contribution in [0.25, 0.3) is 11.0 Å². The molecule has 0 spiro atoms. The Morgan fingerprint density at radius 3 is 2.41 bits per heavy atom. The summed E-state index contributed by atoms with van der Waals surface area (Å²) in [6.45, 7) is 2.93. The Bertz CT molecular complexity index is 846. The number of hydrogen-bond donors (Lipinski definition) is 1. The standard InChI is InChI=1S/C18H21N3O/c1-13(15-7-5-4-6-8-15)19-12-14-9-10-16-17(11-14)21(3)18(22)20(16)2/h4-11,13,19H,12H2,1-3H3/t13-/m1/s1. The fraction of sp³-hybridized carbons (Fsp3) is 0.278. The van der Waals surface area contributed by atoms with Crippen LogP contribution in [0.2, 0.25) is 0 Å². The van der Waals surface area contributed by atoms with Gasteiger partial charge in [0.25, 0.3) is 0 Å². The maximum Gasteiger partial charge on any atom is 0.328 e. The number of rotatable bonds is 4. The fourth-order valence-corrected chi connectivity index (χ4v) is 2.79. The highest BCUT2D eigenvalue weighted by Gasteiger charge is 2.09. The summed E-state index contributed by atoms with van der Waals surface area (Å²) in [6, 6.07) is 16.9. The Balaban J connectivity index is 1.80. The van der Waals surface area contributed by atoms with Gasteiger partial charge in [0.05, 0.1) is 11.0 Å². The zero-order valence-corrected chi connectivity index (χ0v) is 13.2. The van der Waals surface area contributed by atoms with E-state index in [2.05, 4.69) is 48.6 Å². The number of hydrogen-bond acceptors (Lipinski definition) is 2. The summed E-state index contributed by atoms with van der Waals surface area (Å²) in [5.41, 5.74) is 4.40. The van der Waals surface area contributed by atoms with Gasteiger partial charge in [0.15, 0.2) is 0 Å². The molecule has 1 atom stereocenters. The van der Waals surface area contributed by atoms with Crippen molar-refractivity contribution in [3.63, 3.8) is 0 Å². The van der Waals surface area contributed by atoms with Crippen molar-refractivity contribution in [2.24, 2.45) is 14.1 Å². The molecule has 4 heteroatoms. The minimum Gasteiger partial charge on any atom is -0.306 e. The molecule has 2 aromatic carbocycles. The monoisotopic (exact) mass is 295 g/mol. The van der Waals surface area contributed by atoms with Crippen molar-refractivity contribution in [3.05, 3.63) is 70.1 Å². The minimum absolute atomic E-state index is 0.0118. The lowest BCUT2D eigenvalue weighted by Crippen LogP contribution is -2.19. The van der Waals surface area contributed by atoms with Crippen LogP contribution in [0.3, 0.4) is 0 Å². The van der Waals surface area contributed by atoms with Gasteiger partial charge in [-0.05, 0) is 30.2 Å². The summed E-state index contributed by atoms with van der Waals surface area (Å²) >= 11 is 0. The molecule has 0 fully saturated rings. The van der Waals surface area contributed by atoms with E-state index in [9.17, 15) is 4.79 Å². The Labute approximate surface area is 130 Å². The molecule has 22 heavy (non-hydrogen) atoms. The predicted molar refractivity (Wildman–Crippen MR) is 89.9 cm³/mol. The second-order valence-electron chi connectivity index (χ2n) is 5.74. The van der Waals surface area contributed by atoms with Gasteiger partial charge in [0.2, 0.25) is 0 Å². The first-order chi connectivity index (χ1) is 10.6. The van der Waals surface area contributed by atoms with E-state index in [0.717, 1.165) is 17.6 Å². The lowest BCUT2D eigenvalue weighted by molar-refractivity contribution is 0.575. The highest BCUT2D eigenvalue weighted by Crippen LogP contribution is 2.16. The summed E-state index contributed by atoms with van der Waals surface area (Å²) in [4.78, 5) is 12.0. The van der Waals surface area contributed by atoms with Crippen LogP contribution in [0.5, 0.6) is 0 Å². The SMILES string of the molecule is C[C@@H](NCc1ccc2c(c1)n(C)c(=O)n2C)c1ccccc1. The van der Waals surface area contributed by atoms with Crippen molar-refractivity contribution < 1.29 is 0 Å². The average molecular weight is 295 g/mol. The molecule has 0 aliphatic carbocycles. The fourth-order valence-electron chi connectivity index (χ4n) is 2.79. The van der Waals surface area contributed by atoms with E-state index in [4.69, 9.17) is 0 Å². The van der Waals surface area contributed by atoms with Gasteiger partial charge in [-0.1, -0.05) is 36.4 Å². The van der Waals surface area contributed by atoms with Crippen molar-refractivity contribution in [1.82, 2.24) is 14.5 Å². The molecule has 0 saturated carbocycles. The van der Waals surface area contributed by atoms with Crippen molar-refractivity contribution in [2.45, 2.75) is 19.5 Å². The van der Waals surface area contributed by atoms with Gasteiger partial charge in [-0.2, -0.15) is 0 Å². The summed E-state index contributed by atoms with van der Waals surface area (Å²) in [7, 11) is 3.62. The molecule has 114 valence electrons. The first-order valence-corrected chi connectivity index (χ1v) is 7.50. The van der Waals surface area contributed by atoms with E-state index in [1.807, 2.05) is 19.2 Å². The summed E-state index contributed by atoms with van der Waals surface area (Å²) in [6.07, 6.45) is 0. The van der Waals surface area contributed by atoms with E-state index in [-0.39, 0.29) is 11.7 Å². The molecule has 1 heterocycles. The normalized spacial score (nSPS) is 12.7. The van der Waals surface area contributed by atoms with E-state index < -0.39 is 0 Å². The number of aryl methyl sites for hydroxylation is 2. The topological polar surface area (TPSA) is 39.0 Å². The second kappa shape index (κ2) is 5.81. The van der Waals surface area contributed by atoms with Gasteiger partial charge in [-0.15, -0.1) is 0 Å². The van der Waals surface area contributed by atoms with E-state index >= 15 is 0 Å². The van der Waals surface area contributed by atoms with Crippen molar-refractivity contribution in [3.8, 4) is 0 Å². The Morgan fingerprint density at radius 1 is 1.00 bits per heavy atom. The van der Waals surface area contributed by atoms with Crippen molar-refractivity contribution in [2.75, 3.05) is 0 Å². The van der Waals surface area contributed by atoms with Crippen molar-refractivity contribution >= 4 is 11.0 Å². The third-order valence-corrected chi connectivity index (χ3v) is 4.25. The molecular formula is C18H21N3O. The van der Waals surface area contributed by atoms with Crippen LogP contribution in [-0.4, -0.2) is 9.13 Å². The number of nitrogens with one attached hydrogen (secondary N) is 1. The highest BCUT2D eigenvalue weighted by atomic mass is 16.1. The number of fused-ring (bicyclic) bond motifs is 1. The molecule has 0 radical (unpaired) electrons. The number of imidazole rings is 1.